The molecule has 1 aliphatic rings. The van der Waals surface area contributed by atoms with Crippen molar-refractivity contribution in [3.05, 3.63) is 82.0 Å². The normalized spacial score (nSPS) is 17.1. The lowest BCUT2D eigenvalue weighted by atomic mass is 10.2. The number of anilines is 2. The molecule has 220 valence electrons. The summed E-state index contributed by atoms with van der Waals surface area (Å²) in [4.78, 5) is 64.1. The molecular weight excluding hydrogens is 571 g/mol. The van der Waals surface area contributed by atoms with Gasteiger partial charge in [0.05, 0.1) is 35.7 Å². The van der Waals surface area contributed by atoms with Crippen molar-refractivity contribution in [2.75, 3.05) is 37.9 Å². The van der Waals surface area contributed by atoms with Crippen LogP contribution in [0.15, 0.2) is 65.6 Å². The Morgan fingerprint density at radius 1 is 0.952 bits per heavy atom. The van der Waals surface area contributed by atoms with Crippen molar-refractivity contribution in [2.45, 2.75) is 6.92 Å². The standard InChI is InChI=1S/C29H28ClFN4O7/c1-4-41-29(40)26-24(27(38)32-17-7-5-16(30)6-8-17)25(26)28(39)33-21-10-9-18(13-20(21)31)35-12-11-19(14-22(35)36)42-15-23(37)34(2)3/h5-14,24-26H,4,15H2,1-3H3,(H,32,38)(H,33,39). The van der Waals surface area contributed by atoms with Crippen molar-refractivity contribution in [2.24, 2.45) is 17.8 Å². The number of aromatic nitrogens is 1. The Balaban J connectivity index is 1.46. The Bertz CT molecular complexity index is 1570. The van der Waals surface area contributed by atoms with Gasteiger partial charge in [-0.05, 0) is 49.4 Å². The van der Waals surface area contributed by atoms with Gasteiger partial charge in [0.2, 0.25) is 11.8 Å². The van der Waals surface area contributed by atoms with E-state index in [2.05, 4.69) is 10.6 Å². The van der Waals surface area contributed by atoms with Crippen molar-refractivity contribution in [1.82, 2.24) is 9.47 Å². The van der Waals surface area contributed by atoms with Crippen molar-refractivity contribution < 1.29 is 33.0 Å². The first kappa shape index (κ1) is 30.3. The summed E-state index contributed by atoms with van der Waals surface area (Å²) in [6.45, 7) is 1.42. The summed E-state index contributed by atoms with van der Waals surface area (Å²) in [5, 5.41) is 5.55. The number of pyridine rings is 1. The van der Waals surface area contributed by atoms with E-state index in [0.29, 0.717) is 10.7 Å². The number of amides is 3. The van der Waals surface area contributed by atoms with E-state index in [9.17, 15) is 24.0 Å². The van der Waals surface area contributed by atoms with Crippen LogP contribution in [-0.4, -0.2) is 60.5 Å². The van der Waals surface area contributed by atoms with Gasteiger partial charge >= 0.3 is 5.97 Å². The fourth-order valence-electron chi connectivity index (χ4n) is 4.26. The summed E-state index contributed by atoms with van der Waals surface area (Å²) < 4.78 is 26.6. The minimum Gasteiger partial charge on any atom is -0.484 e. The first-order valence-electron chi connectivity index (χ1n) is 12.9. The quantitative estimate of drug-likeness (QED) is 0.342. The molecule has 2 aromatic carbocycles. The molecule has 3 atom stereocenters. The number of benzene rings is 2. The Morgan fingerprint density at radius 3 is 2.21 bits per heavy atom. The van der Waals surface area contributed by atoms with Gasteiger partial charge in [-0.3, -0.25) is 28.5 Å². The second-order valence-electron chi connectivity index (χ2n) is 9.63. The predicted octanol–water partition coefficient (Wildman–Crippen LogP) is 3.10. The van der Waals surface area contributed by atoms with Crippen molar-refractivity contribution in [3.63, 3.8) is 0 Å². The topological polar surface area (TPSA) is 136 Å². The van der Waals surface area contributed by atoms with E-state index in [1.165, 1.54) is 29.3 Å². The Morgan fingerprint density at radius 2 is 1.62 bits per heavy atom. The number of esters is 1. The number of carbonyl (C=O) groups is 4. The molecule has 1 saturated carbocycles. The van der Waals surface area contributed by atoms with Gasteiger partial charge in [-0.1, -0.05) is 11.6 Å². The van der Waals surface area contributed by atoms with Crippen LogP contribution in [0.4, 0.5) is 15.8 Å². The molecule has 1 heterocycles. The molecule has 0 bridgehead atoms. The van der Waals surface area contributed by atoms with Gasteiger partial charge in [-0.15, -0.1) is 0 Å². The third-order valence-corrected chi connectivity index (χ3v) is 6.79. The maximum atomic E-state index is 15.0. The zero-order chi connectivity index (χ0) is 30.6. The van der Waals surface area contributed by atoms with Crippen LogP contribution in [0, 0.1) is 23.6 Å². The monoisotopic (exact) mass is 598 g/mol. The average Bonchev–Trinajstić information content (AvgIpc) is 3.71. The third kappa shape index (κ3) is 6.95. The van der Waals surface area contributed by atoms with E-state index < -0.39 is 46.9 Å². The molecule has 3 unspecified atom stereocenters. The van der Waals surface area contributed by atoms with E-state index in [0.717, 1.165) is 16.7 Å². The first-order chi connectivity index (χ1) is 20.0. The van der Waals surface area contributed by atoms with Crippen LogP contribution in [0.5, 0.6) is 5.75 Å². The van der Waals surface area contributed by atoms with E-state index in [4.69, 9.17) is 21.1 Å². The van der Waals surface area contributed by atoms with Crippen molar-refractivity contribution in [1.29, 1.82) is 0 Å². The molecule has 0 aliphatic heterocycles. The van der Waals surface area contributed by atoms with Crippen molar-refractivity contribution in [3.8, 4) is 11.4 Å². The number of rotatable bonds is 10. The number of nitrogens with zero attached hydrogens (tertiary/aromatic N) is 2. The number of likely N-dealkylation sites (N-methyl/N-ethyl adjacent to an activating group) is 1. The molecule has 0 spiro atoms. The van der Waals surface area contributed by atoms with E-state index in [1.54, 1.807) is 45.3 Å². The number of ether oxygens (including phenoxy) is 2. The Kier molecular flexibility index (Phi) is 9.26. The number of hydrogen-bond acceptors (Lipinski definition) is 7. The van der Waals surface area contributed by atoms with E-state index in [-0.39, 0.29) is 36.2 Å². The lowest BCUT2D eigenvalue weighted by Crippen LogP contribution is -2.28. The van der Waals surface area contributed by atoms with Crippen LogP contribution in [0.25, 0.3) is 5.69 Å². The van der Waals surface area contributed by atoms with Crippen LogP contribution >= 0.6 is 11.6 Å². The number of halogens is 2. The fraction of sp³-hybridized carbons (Fsp3) is 0.276. The zero-order valence-corrected chi connectivity index (χ0v) is 23.7. The minimum absolute atomic E-state index is 0.0615. The number of nitrogens with one attached hydrogen (secondary N) is 2. The maximum Gasteiger partial charge on any atom is 0.310 e. The highest BCUT2D eigenvalue weighted by molar-refractivity contribution is 6.30. The molecule has 13 heteroatoms. The lowest BCUT2D eigenvalue weighted by molar-refractivity contribution is -0.146. The molecule has 1 aliphatic carbocycles. The molecule has 3 amide bonds. The van der Waals surface area contributed by atoms with E-state index in [1.807, 2.05) is 0 Å². The second kappa shape index (κ2) is 12.9. The van der Waals surface area contributed by atoms with Crippen molar-refractivity contribution >= 4 is 46.7 Å². The molecule has 1 fully saturated rings. The summed E-state index contributed by atoms with van der Waals surface area (Å²) in [6, 6.07) is 12.6. The number of carbonyl (C=O) groups excluding carboxylic acids is 4. The lowest BCUT2D eigenvalue weighted by Gasteiger charge is -2.12. The van der Waals surface area contributed by atoms with E-state index >= 15 is 4.39 Å². The third-order valence-electron chi connectivity index (χ3n) is 6.54. The van der Waals surface area contributed by atoms with Gasteiger partial charge in [0, 0.05) is 43.1 Å². The average molecular weight is 599 g/mol. The smallest absolute Gasteiger partial charge is 0.310 e. The zero-order valence-electron chi connectivity index (χ0n) is 22.9. The van der Waals surface area contributed by atoms with Crippen LogP contribution in [0.3, 0.4) is 0 Å². The van der Waals surface area contributed by atoms with Gasteiger partial charge in [-0.25, -0.2) is 4.39 Å². The molecule has 3 aromatic rings. The summed E-state index contributed by atoms with van der Waals surface area (Å²) in [7, 11) is 3.15. The predicted molar refractivity (Wildman–Crippen MR) is 152 cm³/mol. The highest BCUT2D eigenvalue weighted by Gasteiger charge is 2.63. The molecule has 4 rings (SSSR count). The summed E-state index contributed by atoms with van der Waals surface area (Å²) in [5.74, 6) is -6.10. The van der Waals surface area contributed by atoms with Gasteiger partial charge in [0.1, 0.15) is 11.6 Å². The first-order valence-corrected chi connectivity index (χ1v) is 13.3. The van der Waals surface area contributed by atoms with Crippen LogP contribution in [-0.2, 0) is 23.9 Å². The Hall–Kier alpha value is -4.71. The summed E-state index contributed by atoms with van der Waals surface area (Å²) in [5.41, 5.74) is -0.143. The second-order valence-corrected chi connectivity index (χ2v) is 10.1. The molecule has 42 heavy (non-hydrogen) atoms. The molecule has 11 nitrogen and oxygen atoms in total. The summed E-state index contributed by atoms with van der Waals surface area (Å²) >= 11 is 5.87. The molecule has 1 aromatic heterocycles. The molecule has 0 saturated heterocycles. The largest absolute Gasteiger partial charge is 0.484 e. The fourth-order valence-corrected chi connectivity index (χ4v) is 4.39. The molecular formula is C29H28ClFN4O7. The van der Waals surface area contributed by atoms with Gasteiger partial charge < -0.3 is 25.0 Å². The Labute approximate surface area is 245 Å². The maximum absolute atomic E-state index is 15.0. The minimum atomic E-state index is -1.08. The highest BCUT2D eigenvalue weighted by atomic mass is 35.5. The molecule has 0 radical (unpaired) electrons. The van der Waals surface area contributed by atoms with Crippen LogP contribution in [0.1, 0.15) is 6.92 Å². The summed E-state index contributed by atoms with van der Waals surface area (Å²) in [6.07, 6.45) is 1.36. The van der Waals surface area contributed by atoms with Crippen LogP contribution in [0.2, 0.25) is 5.02 Å². The SMILES string of the molecule is CCOC(=O)C1C(C(=O)Nc2ccc(Cl)cc2)C1C(=O)Nc1ccc(-n2ccc(OCC(=O)N(C)C)cc2=O)cc1F. The van der Waals surface area contributed by atoms with Gasteiger partial charge in [0.15, 0.2) is 6.61 Å². The van der Waals surface area contributed by atoms with Crippen LogP contribution < -0.4 is 20.9 Å². The van der Waals surface area contributed by atoms with Gasteiger partial charge in [0.25, 0.3) is 11.5 Å². The number of hydrogen-bond donors (Lipinski definition) is 2. The van der Waals surface area contributed by atoms with Gasteiger partial charge in [-0.2, -0.15) is 0 Å². The molecule has 2 N–H and O–H groups in total. The highest BCUT2D eigenvalue weighted by Crippen LogP contribution is 2.48.